The average molecular weight is 608 g/mol. The van der Waals surface area contributed by atoms with Gasteiger partial charge in [0, 0.05) is 47.0 Å². The summed E-state index contributed by atoms with van der Waals surface area (Å²) < 4.78 is 6.96. The number of aliphatic hydroxyl groups excluding tert-OH is 1. The Morgan fingerprint density at radius 1 is 1.07 bits per heavy atom. The van der Waals surface area contributed by atoms with Gasteiger partial charge in [-0.05, 0) is 46.6 Å². The zero-order valence-corrected chi connectivity index (χ0v) is 27.0. The van der Waals surface area contributed by atoms with Crippen LogP contribution < -0.4 is 21.7 Å². The van der Waals surface area contributed by atoms with E-state index in [4.69, 9.17) is 4.74 Å². The maximum Gasteiger partial charge on any atom is 0.131 e. The van der Waals surface area contributed by atoms with E-state index in [0.29, 0.717) is 11.8 Å². The largest absolute Gasteiger partial charge is 1.00 e. The molecule has 3 fully saturated rings. The van der Waals surface area contributed by atoms with Gasteiger partial charge in [0.2, 0.25) is 0 Å². The molecule has 40 heavy (non-hydrogen) atoms. The summed E-state index contributed by atoms with van der Waals surface area (Å²) in [5.41, 5.74) is 5.71. The third-order valence-electron chi connectivity index (χ3n) is 9.51. The molecule has 216 valence electrons. The van der Waals surface area contributed by atoms with Crippen LogP contribution in [0.2, 0.25) is 0 Å². The maximum atomic E-state index is 12.1. The van der Waals surface area contributed by atoms with Crippen molar-refractivity contribution < 1.29 is 31.3 Å². The van der Waals surface area contributed by atoms with Crippen LogP contribution in [0.25, 0.3) is 10.9 Å². The van der Waals surface area contributed by atoms with E-state index in [1.165, 1.54) is 23.1 Å². The van der Waals surface area contributed by atoms with Gasteiger partial charge in [-0.1, -0.05) is 65.8 Å². The highest BCUT2D eigenvalue weighted by Gasteiger charge is 2.54. The molecule has 5 atom stereocenters. The minimum Gasteiger partial charge on any atom is -1.00 e. The molecule has 4 heterocycles. The van der Waals surface area contributed by atoms with E-state index in [1.54, 1.807) is 7.11 Å². The normalized spacial score (nSPS) is 25.4. The van der Waals surface area contributed by atoms with Crippen LogP contribution in [0.15, 0.2) is 61.3 Å². The molecule has 5 heteroatoms. The summed E-state index contributed by atoms with van der Waals surface area (Å²) in [7, 11) is 1.80. The van der Waals surface area contributed by atoms with Crippen LogP contribution in [0.4, 0.5) is 0 Å². The number of halogens is 1. The number of aromatic nitrogens is 1. The summed E-state index contributed by atoms with van der Waals surface area (Å²) in [5, 5.41) is 13.2. The average Bonchev–Trinajstić information content (AvgIpc) is 2.90. The van der Waals surface area contributed by atoms with Gasteiger partial charge >= 0.3 is 0 Å². The van der Waals surface area contributed by atoms with Crippen molar-refractivity contribution in [3.63, 3.8) is 0 Å². The molecule has 0 aliphatic carbocycles. The Kier molecular flexibility index (Phi) is 8.63. The van der Waals surface area contributed by atoms with Crippen LogP contribution in [-0.4, -0.2) is 40.8 Å². The van der Waals surface area contributed by atoms with E-state index in [1.807, 2.05) is 30.5 Å². The van der Waals surface area contributed by atoms with Gasteiger partial charge < -0.3 is 31.3 Å². The minimum absolute atomic E-state index is 0. The molecule has 3 aliphatic heterocycles. The number of nitrogens with zero attached hydrogens (tertiary/aromatic N) is 2. The van der Waals surface area contributed by atoms with Crippen LogP contribution in [0.3, 0.4) is 0 Å². The Bertz CT molecular complexity index is 1330. The first-order valence-electron chi connectivity index (χ1n) is 14.6. The third-order valence-corrected chi connectivity index (χ3v) is 9.51. The van der Waals surface area contributed by atoms with Crippen LogP contribution in [0, 0.1) is 11.8 Å². The lowest BCUT2D eigenvalue weighted by Gasteiger charge is -2.58. The Balaban J connectivity index is 0.00000370. The molecule has 0 saturated carbocycles. The molecule has 0 radical (unpaired) electrons. The Hall–Kier alpha value is -2.21. The fourth-order valence-corrected chi connectivity index (χ4v) is 7.44. The third kappa shape index (κ3) is 5.49. The van der Waals surface area contributed by atoms with Crippen molar-refractivity contribution in [3.8, 4) is 5.75 Å². The highest BCUT2D eigenvalue weighted by atomic mass is 79.9. The van der Waals surface area contributed by atoms with Gasteiger partial charge in [-0.3, -0.25) is 4.98 Å². The topological polar surface area (TPSA) is 42.4 Å². The quantitative estimate of drug-likeness (QED) is 0.332. The number of hydrogen-bond acceptors (Lipinski definition) is 3. The number of pyridine rings is 1. The predicted octanol–water partition coefficient (Wildman–Crippen LogP) is 4.49. The SMILES string of the molecule is C=C[C@H]1C[N@+]2(Cc3cc(C(C)(C)C)c(OC)c(C(C)(C)C)c3)CC[C@H]1C[C@H]2[C@H](O)c1ccnc2ccccc12.[Br-]. The highest BCUT2D eigenvalue weighted by Crippen LogP contribution is 2.49. The molecule has 1 N–H and O–H groups in total. The fourth-order valence-electron chi connectivity index (χ4n) is 7.44. The monoisotopic (exact) mass is 606 g/mol. The van der Waals surface area contributed by atoms with Crippen LogP contribution >= 0.6 is 0 Å². The van der Waals surface area contributed by atoms with Crippen molar-refractivity contribution in [2.45, 2.75) is 83.9 Å². The van der Waals surface area contributed by atoms with Gasteiger partial charge in [0.05, 0.1) is 25.7 Å². The number of ether oxygens (including phenoxy) is 1. The number of benzene rings is 2. The summed E-state index contributed by atoms with van der Waals surface area (Å²) in [6.45, 7) is 20.9. The smallest absolute Gasteiger partial charge is 0.131 e. The van der Waals surface area contributed by atoms with Crippen molar-refractivity contribution in [1.29, 1.82) is 0 Å². The molecule has 0 amide bonds. The van der Waals surface area contributed by atoms with E-state index in [-0.39, 0.29) is 33.9 Å². The minimum atomic E-state index is -0.547. The van der Waals surface area contributed by atoms with Gasteiger partial charge in [-0.2, -0.15) is 0 Å². The number of quaternary nitrogens is 1. The van der Waals surface area contributed by atoms with Gasteiger partial charge in [-0.25, -0.2) is 0 Å². The van der Waals surface area contributed by atoms with Crippen molar-refractivity contribution in [2.75, 3.05) is 20.2 Å². The van der Waals surface area contributed by atoms with Crippen molar-refractivity contribution >= 4 is 10.9 Å². The second-order valence-electron chi connectivity index (χ2n) is 14.1. The van der Waals surface area contributed by atoms with E-state index in [2.05, 4.69) is 77.4 Å². The van der Waals surface area contributed by atoms with Crippen molar-refractivity contribution in [3.05, 3.63) is 83.6 Å². The molecular formula is C35H47BrN2O2. The number of fused-ring (bicyclic) bond motifs is 4. The van der Waals surface area contributed by atoms with Gasteiger partial charge in [0.1, 0.15) is 24.4 Å². The zero-order valence-electron chi connectivity index (χ0n) is 25.4. The molecule has 0 spiro atoms. The molecule has 3 aliphatic rings. The summed E-state index contributed by atoms with van der Waals surface area (Å²) in [5.74, 6) is 2.08. The van der Waals surface area contributed by atoms with Gasteiger partial charge in [0.25, 0.3) is 0 Å². The molecule has 2 aromatic carbocycles. The van der Waals surface area contributed by atoms with Crippen molar-refractivity contribution in [1.82, 2.24) is 4.98 Å². The lowest BCUT2D eigenvalue weighted by atomic mass is 9.70. The van der Waals surface area contributed by atoms with E-state index in [0.717, 1.165) is 52.8 Å². The number of hydrogen-bond donors (Lipinski definition) is 1. The van der Waals surface area contributed by atoms with E-state index in [9.17, 15) is 5.11 Å². The van der Waals surface area contributed by atoms with Crippen LogP contribution in [-0.2, 0) is 17.4 Å². The molecule has 1 aromatic heterocycles. The maximum absolute atomic E-state index is 12.1. The molecule has 6 rings (SSSR count). The summed E-state index contributed by atoms with van der Waals surface area (Å²) in [6, 6.07) is 15.1. The number of rotatable bonds is 6. The molecular weight excluding hydrogens is 560 g/mol. The zero-order chi connectivity index (χ0) is 28.2. The van der Waals surface area contributed by atoms with Crippen molar-refractivity contribution in [2.24, 2.45) is 11.8 Å². The number of piperidine rings is 3. The second kappa shape index (κ2) is 11.2. The molecule has 2 bridgehead atoms. The first-order chi connectivity index (χ1) is 18.4. The Morgan fingerprint density at radius 3 is 2.33 bits per heavy atom. The molecule has 4 nitrogen and oxygen atoms in total. The lowest BCUT2D eigenvalue weighted by molar-refractivity contribution is -0.984. The molecule has 0 unspecified atom stereocenters. The van der Waals surface area contributed by atoms with E-state index >= 15 is 0 Å². The number of aliphatic hydroxyl groups is 1. The number of methoxy groups -OCH3 is 1. The Morgan fingerprint density at radius 2 is 1.73 bits per heavy atom. The van der Waals surface area contributed by atoms with Crippen LogP contribution in [0.1, 0.15) is 82.7 Å². The van der Waals surface area contributed by atoms with Crippen LogP contribution in [0.5, 0.6) is 5.75 Å². The lowest BCUT2D eigenvalue weighted by Crippen LogP contribution is -3.00. The second-order valence-corrected chi connectivity index (χ2v) is 14.1. The fraction of sp³-hybridized carbons (Fsp3) is 0.514. The molecule has 3 saturated heterocycles. The summed E-state index contributed by atoms with van der Waals surface area (Å²) in [4.78, 5) is 4.57. The highest BCUT2D eigenvalue weighted by molar-refractivity contribution is 5.82. The predicted molar refractivity (Wildman–Crippen MR) is 161 cm³/mol. The standard InChI is InChI=1S/C35H47N2O2.BrH/c1-9-24-22-37(21-23-18-28(34(2,3)4)33(39-8)29(19-23)35(5,6)7)17-15-25(24)20-31(37)32(38)27-14-16-36-30-13-11-10-12-26(27)30;/h9-14,16,18-19,24-25,31-32,38H,1,15,17,20-22H2,2-8H3;1H/q+1;/p-1/t24-,25-,31-,32+,37+;/m0./s1. The first kappa shape index (κ1) is 30.7. The first-order valence-corrected chi connectivity index (χ1v) is 14.6. The van der Waals surface area contributed by atoms with Gasteiger partial charge in [-0.15, -0.1) is 6.58 Å². The summed E-state index contributed by atoms with van der Waals surface area (Å²) in [6.07, 6.45) is 5.68. The van der Waals surface area contributed by atoms with E-state index < -0.39 is 6.10 Å². The summed E-state index contributed by atoms with van der Waals surface area (Å²) >= 11 is 0. The molecule has 3 aromatic rings. The van der Waals surface area contributed by atoms with Gasteiger partial charge in [0.15, 0.2) is 0 Å². The number of para-hydroxylation sites is 1. The Labute approximate surface area is 251 Å².